The topological polar surface area (TPSA) is 105 Å². The first-order valence-electron chi connectivity index (χ1n) is 8.76. The van der Waals surface area contributed by atoms with Gasteiger partial charge in [0.05, 0.1) is 22.6 Å². The van der Waals surface area contributed by atoms with Gasteiger partial charge in [0.15, 0.2) is 23.2 Å². The number of alkyl halides is 3. The van der Waals surface area contributed by atoms with Crippen molar-refractivity contribution in [3.05, 3.63) is 58.9 Å². The van der Waals surface area contributed by atoms with Crippen molar-refractivity contribution in [3.8, 4) is 11.8 Å². The summed E-state index contributed by atoms with van der Waals surface area (Å²) in [7, 11) is -1.88. The third kappa shape index (κ3) is 5.98. The minimum absolute atomic E-state index is 0.0438. The number of hydrogen-bond donors (Lipinski definition) is 3. The maximum atomic E-state index is 12.6. The van der Waals surface area contributed by atoms with Gasteiger partial charge in [0.2, 0.25) is 0 Å². The van der Waals surface area contributed by atoms with Crippen LogP contribution in [0.1, 0.15) is 17.5 Å². The zero-order valence-electron chi connectivity index (χ0n) is 16.0. The molecule has 0 amide bonds. The molecule has 0 aromatic heterocycles. The third-order valence-corrected chi connectivity index (χ3v) is 5.94. The van der Waals surface area contributed by atoms with Crippen LogP contribution in [0.25, 0.3) is 0 Å². The van der Waals surface area contributed by atoms with Gasteiger partial charge in [-0.1, -0.05) is 0 Å². The fraction of sp³-hybridized carbons (Fsp3) is 0.316. The number of aliphatic hydroxyl groups excluding tert-OH is 1. The van der Waals surface area contributed by atoms with Crippen molar-refractivity contribution in [2.45, 2.75) is 23.1 Å². The van der Waals surface area contributed by atoms with Gasteiger partial charge in [-0.3, -0.25) is 0 Å². The molecule has 0 aliphatic carbocycles. The number of nitrogens with zero attached hydrogens (tertiary/aromatic N) is 2. The molecule has 2 aromatic rings. The highest BCUT2D eigenvalue weighted by molar-refractivity contribution is 7.82. The Kier molecular flexibility index (Phi) is 7.89. The molecule has 13 heteroatoms. The number of halogens is 6. The first-order valence-corrected chi connectivity index (χ1v) is 9.87. The molecule has 2 atom stereocenters. The van der Waals surface area contributed by atoms with E-state index in [2.05, 4.69) is 0 Å². The Hall–Kier alpha value is -2.66. The predicted octanol–water partition coefficient (Wildman–Crippen LogP) is 2.84. The molecule has 0 spiro atoms. The molecule has 174 valence electrons. The van der Waals surface area contributed by atoms with E-state index in [1.54, 1.807) is 6.07 Å². The summed E-state index contributed by atoms with van der Waals surface area (Å²) in [5, 5.41) is 36.4. The van der Waals surface area contributed by atoms with E-state index < -0.39 is 58.1 Å². The van der Waals surface area contributed by atoms with Gasteiger partial charge in [-0.2, -0.15) is 18.4 Å². The zero-order valence-corrected chi connectivity index (χ0v) is 16.9. The van der Waals surface area contributed by atoms with Crippen LogP contribution in [0.4, 0.5) is 26.3 Å². The van der Waals surface area contributed by atoms with Crippen LogP contribution in [0.15, 0.2) is 35.2 Å². The van der Waals surface area contributed by atoms with Crippen LogP contribution in [-0.4, -0.2) is 49.1 Å². The van der Waals surface area contributed by atoms with Crippen LogP contribution in [0.2, 0.25) is 0 Å². The Morgan fingerprint density at radius 2 is 1.75 bits per heavy atom. The second kappa shape index (κ2) is 9.86. The Morgan fingerprint density at radius 3 is 2.25 bits per heavy atom. The summed E-state index contributed by atoms with van der Waals surface area (Å²) in [4.78, 5) is -0.0438. The van der Waals surface area contributed by atoms with Gasteiger partial charge in [-0.05, 0) is 24.6 Å². The van der Waals surface area contributed by atoms with E-state index in [0.29, 0.717) is 12.1 Å². The molecule has 1 saturated heterocycles. The first-order chi connectivity index (χ1) is 14.8. The second-order valence-electron chi connectivity index (χ2n) is 6.78. The Labute approximate surface area is 180 Å². The highest BCUT2D eigenvalue weighted by Crippen LogP contribution is 2.32. The molecule has 0 saturated carbocycles. The maximum Gasteiger partial charge on any atom is 0.416 e. The maximum absolute atomic E-state index is 12.6. The van der Waals surface area contributed by atoms with Gasteiger partial charge >= 0.3 is 6.18 Å². The van der Waals surface area contributed by atoms with Crippen LogP contribution < -0.4 is 0 Å². The van der Waals surface area contributed by atoms with Gasteiger partial charge < -0.3 is 15.3 Å². The van der Waals surface area contributed by atoms with E-state index in [4.69, 9.17) is 15.5 Å². The number of aromatic hydroxyl groups is 1. The zero-order chi connectivity index (χ0) is 24.3. The number of phenols is 1. The molecule has 1 heterocycles. The first kappa shape index (κ1) is 25.6. The molecule has 6 nitrogen and oxygen atoms in total. The average molecular weight is 482 g/mol. The second-order valence-corrected chi connectivity index (χ2v) is 8.24. The molecule has 2 unspecified atom stereocenters. The SMILES string of the molecule is N#Cc1cc(C(F)(F)F)ccc1S(=O)N1CCC(O)(CO)C1.Oc1cc(F)c(F)cc1F. The highest BCUT2D eigenvalue weighted by atomic mass is 32.2. The van der Waals surface area contributed by atoms with Crippen molar-refractivity contribution in [3.63, 3.8) is 0 Å². The normalized spacial score (nSPS) is 19.7. The summed E-state index contributed by atoms with van der Waals surface area (Å²) in [5.41, 5.74) is -2.69. The lowest BCUT2D eigenvalue weighted by molar-refractivity contribution is -0.137. The van der Waals surface area contributed by atoms with Crippen molar-refractivity contribution in [1.82, 2.24) is 4.31 Å². The molecule has 3 N–H and O–H groups in total. The Balaban J connectivity index is 0.000000303. The fourth-order valence-electron chi connectivity index (χ4n) is 2.69. The fourth-order valence-corrected chi connectivity index (χ4v) is 4.06. The van der Waals surface area contributed by atoms with Crippen LogP contribution in [-0.2, 0) is 17.2 Å². The van der Waals surface area contributed by atoms with Gasteiger partial charge in [0.25, 0.3) is 0 Å². The van der Waals surface area contributed by atoms with Gasteiger partial charge in [0, 0.05) is 25.2 Å². The smallest absolute Gasteiger partial charge is 0.416 e. The van der Waals surface area contributed by atoms with Gasteiger partial charge in [-0.25, -0.2) is 21.7 Å². The quantitative estimate of drug-likeness (QED) is 0.461. The van der Waals surface area contributed by atoms with Gasteiger partial charge in [0.1, 0.15) is 22.7 Å². The number of rotatable bonds is 3. The highest BCUT2D eigenvalue weighted by Gasteiger charge is 2.39. The molecule has 1 fully saturated rings. The Morgan fingerprint density at radius 1 is 1.12 bits per heavy atom. The Bertz CT molecular complexity index is 1010. The number of phenolic OH excluding ortho intramolecular Hbond substituents is 1. The summed E-state index contributed by atoms with van der Waals surface area (Å²) < 4.78 is 87.8. The number of nitriles is 1. The van der Waals surface area contributed by atoms with Crippen LogP contribution in [0, 0.1) is 28.8 Å². The number of β-amino-alcohol motifs (C(OH)–C–C–N with tert-alkyl or cyclic N) is 1. The molecular formula is C19H16F6N2O4S. The molecule has 3 rings (SSSR count). The van der Waals surface area contributed by atoms with E-state index in [1.807, 2.05) is 0 Å². The van der Waals surface area contributed by atoms with Crippen LogP contribution >= 0.6 is 0 Å². The largest absolute Gasteiger partial charge is 0.505 e. The van der Waals surface area contributed by atoms with Crippen molar-refractivity contribution in [2.75, 3.05) is 19.7 Å². The molecule has 32 heavy (non-hydrogen) atoms. The average Bonchev–Trinajstić information content (AvgIpc) is 3.14. The molecule has 0 radical (unpaired) electrons. The van der Waals surface area contributed by atoms with Gasteiger partial charge in [-0.15, -0.1) is 0 Å². The number of hydrogen-bond acceptors (Lipinski definition) is 5. The summed E-state index contributed by atoms with van der Waals surface area (Å²) >= 11 is 0. The van der Waals surface area contributed by atoms with E-state index >= 15 is 0 Å². The molecule has 1 aliphatic rings. The van der Waals surface area contributed by atoms with Crippen molar-refractivity contribution in [2.24, 2.45) is 0 Å². The van der Waals surface area contributed by atoms with Crippen LogP contribution in [0.5, 0.6) is 5.75 Å². The lowest BCUT2D eigenvalue weighted by Gasteiger charge is -2.20. The van der Waals surface area contributed by atoms with E-state index in [-0.39, 0.29) is 36.0 Å². The molecule has 1 aliphatic heterocycles. The minimum atomic E-state index is -4.59. The molecule has 2 aromatic carbocycles. The summed E-state index contributed by atoms with van der Waals surface area (Å²) in [6.07, 6.45) is -4.39. The standard InChI is InChI=1S/C13H13F3N2O3S.C6H3F3O/c14-13(15,16)10-1-2-11(9(5-10)6-17)22(21)18-4-3-12(20,7-18)8-19;7-3-1-5(9)6(10)2-4(3)8/h1-2,5,19-20H,3-4,7-8H2;1-2,10H. The molecule has 0 bridgehead atoms. The summed E-state index contributed by atoms with van der Waals surface area (Å²) in [6, 6.07) is 4.71. The molecular weight excluding hydrogens is 466 g/mol. The monoisotopic (exact) mass is 482 g/mol. The van der Waals surface area contributed by atoms with Crippen LogP contribution in [0.3, 0.4) is 0 Å². The van der Waals surface area contributed by atoms with Crippen molar-refractivity contribution >= 4 is 11.0 Å². The third-order valence-electron chi connectivity index (χ3n) is 4.43. The summed E-state index contributed by atoms with van der Waals surface area (Å²) in [6.45, 7) is -0.379. The minimum Gasteiger partial charge on any atom is -0.505 e. The predicted molar refractivity (Wildman–Crippen MR) is 98.8 cm³/mol. The lowest BCUT2D eigenvalue weighted by atomic mass is 10.1. The van der Waals surface area contributed by atoms with E-state index in [9.17, 15) is 35.7 Å². The van der Waals surface area contributed by atoms with E-state index in [0.717, 1.165) is 12.1 Å². The number of aliphatic hydroxyl groups is 2. The van der Waals surface area contributed by atoms with Crippen molar-refractivity contribution in [1.29, 1.82) is 5.26 Å². The van der Waals surface area contributed by atoms with Crippen molar-refractivity contribution < 1.29 is 45.9 Å². The number of benzene rings is 2. The lowest BCUT2D eigenvalue weighted by Crippen LogP contribution is -2.37. The van der Waals surface area contributed by atoms with E-state index in [1.165, 1.54) is 4.31 Å². The summed E-state index contributed by atoms with van der Waals surface area (Å²) in [5.74, 6) is -4.63.